The molecule has 104 valence electrons. The Morgan fingerprint density at radius 2 is 2.21 bits per heavy atom. The van der Waals surface area contributed by atoms with Gasteiger partial charge < -0.3 is 4.98 Å². The number of imidazole rings is 1. The topological polar surface area (TPSA) is 79.8 Å². The highest BCUT2D eigenvalue weighted by molar-refractivity contribution is 7.88. The van der Waals surface area contributed by atoms with Crippen molar-refractivity contribution in [3.63, 3.8) is 0 Å². The van der Waals surface area contributed by atoms with Crippen LogP contribution in [0.15, 0.2) is 18.3 Å². The first-order valence-corrected chi connectivity index (χ1v) is 8.00. The van der Waals surface area contributed by atoms with E-state index in [0.717, 1.165) is 17.4 Å². The minimum Gasteiger partial charge on any atom is -0.329 e. The minimum atomic E-state index is -3.28. The summed E-state index contributed by atoms with van der Waals surface area (Å²) in [7, 11) is -3.28. The van der Waals surface area contributed by atoms with Gasteiger partial charge in [0.25, 0.3) is 0 Å². The zero-order chi connectivity index (χ0) is 14.3. The van der Waals surface area contributed by atoms with Gasteiger partial charge in [0.05, 0.1) is 11.8 Å². The number of hydrogen-bond acceptors (Lipinski definition) is 4. The van der Waals surface area contributed by atoms with Crippen LogP contribution in [0.5, 0.6) is 0 Å². The van der Waals surface area contributed by atoms with E-state index in [0.29, 0.717) is 11.3 Å². The molecule has 2 aromatic heterocycles. The lowest BCUT2D eigenvalue weighted by atomic mass is 10.1. The van der Waals surface area contributed by atoms with Crippen LogP contribution in [0.4, 0.5) is 0 Å². The predicted molar refractivity (Wildman–Crippen MR) is 77.0 cm³/mol. The molecule has 0 unspecified atom stereocenters. The van der Waals surface area contributed by atoms with Crippen molar-refractivity contribution in [3.8, 4) is 0 Å². The molecule has 0 aliphatic heterocycles. The SMILES string of the molecule is CC(C)(Cn1c(=S)[nH]c2cccnc21)NS(C)(=O)=O. The van der Waals surface area contributed by atoms with Gasteiger partial charge in [-0.15, -0.1) is 0 Å². The Hall–Kier alpha value is -1.25. The smallest absolute Gasteiger partial charge is 0.209 e. The lowest BCUT2D eigenvalue weighted by molar-refractivity contribution is 0.393. The maximum Gasteiger partial charge on any atom is 0.209 e. The van der Waals surface area contributed by atoms with Crippen LogP contribution in [-0.4, -0.2) is 34.7 Å². The second-order valence-corrected chi connectivity index (χ2v) is 7.28. The fourth-order valence-corrected chi connectivity index (χ4v) is 3.39. The Morgan fingerprint density at radius 3 is 2.84 bits per heavy atom. The van der Waals surface area contributed by atoms with Crippen LogP contribution in [0, 0.1) is 4.77 Å². The van der Waals surface area contributed by atoms with E-state index in [4.69, 9.17) is 12.2 Å². The second kappa shape index (κ2) is 4.69. The molecular formula is C11H16N4O2S2. The second-order valence-electron chi connectivity index (χ2n) is 5.15. The van der Waals surface area contributed by atoms with Crippen LogP contribution in [0.3, 0.4) is 0 Å². The number of aromatic amines is 1. The molecule has 0 spiro atoms. The summed E-state index contributed by atoms with van der Waals surface area (Å²) in [4.78, 5) is 7.32. The molecule has 2 rings (SSSR count). The van der Waals surface area contributed by atoms with Crippen molar-refractivity contribution in [2.45, 2.75) is 25.9 Å². The average Bonchev–Trinajstić information content (AvgIpc) is 2.52. The van der Waals surface area contributed by atoms with Crippen molar-refractivity contribution < 1.29 is 8.42 Å². The molecule has 0 aliphatic rings. The lowest BCUT2D eigenvalue weighted by Gasteiger charge is -2.25. The normalized spacial score (nSPS) is 13.0. The molecule has 0 atom stereocenters. The van der Waals surface area contributed by atoms with Crippen LogP contribution < -0.4 is 4.72 Å². The number of pyridine rings is 1. The highest BCUT2D eigenvalue weighted by Crippen LogP contribution is 2.15. The van der Waals surface area contributed by atoms with E-state index in [1.807, 2.05) is 12.1 Å². The summed E-state index contributed by atoms with van der Waals surface area (Å²) >= 11 is 5.25. The molecule has 8 heteroatoms. The Balaban J connectivity index is 2.41. The minimum absolute atomic E-state index is 0.399. The first-order valence-electron chi connectivity index (χ1n) is 5.70. The average molecular weight is 300 g/mol. The molecule has 0 aliphatic carbocycles. The summed E-state index contributed by atoms with van der Waals surface area (Å²) < 4.78 is 27.6. The van der Waals surface area contributed by atoms with E-state index in [1.54, 1.807) is 24.6 Å². The Labute approximate surface area is 116 Å². The molecule has 19 heavy (non-hydrogen) atoms. The van der Waals surface area contributed by atoms with Gasteiger partial charge in [0.15, 0.2) is 10.4 Å². The number of sulfonamides is 1. The van der Waals surface area contributed by atoms with Gasteiger partial charge in [0.2, 0.25) is 10.0 Å². The highest BCUT2D eigenvalue weighted by Gasteiger charge is 2.24. The van der Waals surface area contributed by atoms with Crippen molar-refractivity contribution in [2.24, 2.45) is 0 Å². The molecule has 2 aromatic rings. The fourth-order valence-electron chi connectivity index (χ4n) is 2.06. The lowest BCUT2D eigenvalue weighted by Crippen LogP contribution is -2.46. The summed E-state index contributed by atoms with van der Waals surface area (Å²) in [5, 5.41) is 0. The monoisotopic (exact) mass is 300 g/mol. The molecule has 0 fully saturated rings. The number of hydrogen-bond donors (Lipinski definition) is 2. The van der Waals surface area contributed by atoms with E-state index < -0.39 is 15.6 Å². The summed E-state index contributed by atoms with van der Waals surface area (Å²) in [6, 6.07) is 3.70. The van der Waals surface area contributed by atoms with Crippen LogP contribution in [0.1, 0.15) is 13.8 Å². The number of nitrogens with one attached hydrogen (secondary N) is 2. The first-order chi connectivity index (χ1) is 8.68. The molecule has 6 nitrogen and oxygen atoms in total. The number of nitrogens with zero attached hydrogens (tertiary/aromatic N) is 2. The largest absolute Gasteiger partial charge is 0.329 e. The van der Waals surface area contributed by atoms with E-state index in [1.165, 1.54) is 0 Å². The van der Waals surface area contributed by atoms with Crippen molar-refractivity contribution in [3.05, 3.63) is 23.1 Å². The van der Waals surface area contributed by atoms with E-state index in [-0.39, 0.29) is 0 Å². The molecule has 2 N–H and O–H groups in total. The standard InChI is InChI=1S/C11H16N4O2S2/c1-11(2,14-19(3,16)17)7-15-9-8(13-10(15)18)5-4-6-12-9/h4-6,14H,7H2,1-3H3,(H,13,18). The van der Waals surface area contributed by atoms with Gasteiger partial charge in [0.1, 0.15) is 0 Å². The highest BCUT2D eigenvalue weighted by atomic mass is 32.2. The maximum absolute atomic E-state index is 11.4. The Kier molecular flexibility index (Phi) is 3.50. The molecule has 0 amide bonds. The molecule has 0 bridgehead atoms. The van der Waals surface area contributed by atoms with Gasteiger partial charge in [-0.1, -0.05) is 0 Å². The Bertz CT molecular complexity index is 758. The van der Waals surface area contributed by atoms with Crippen LogP contribution in [-0.2, 0) is 16.6 Å². The first kappa shape index (κ1) is 14.2. The van der Waals surface area contributed by atoms with Gasteiger partial charge in [-0.3, -0.25) is 4.57 Å². The predicted octanol–water partition coefficient (Wildman–Crippen LogP) is 1.42. The van der Waals surface area contributed by atoms with Gasteiger partial charge in [0, 0.05) is 18.3 Å². The molecule has 0 aromatic carbocycles. The van der Waals surface area contributed by atoms with Crippen LogP contribution >= 0.6 is 12.2 Å². The number of aromatic nitrogens is 3. The van der Waals surface area contributed by atoms with Crippen molar-refractivity contribution in [1.29, 1.82) is 0 Å². The summed E-state index contributed by atoms with van der Waals surface area (Å²) in [5.41, 5.74) is 0.900. The number of fused-ring (bicyclic) bond motifs is 1. The van der Waals surface area contributed by atoms with Gasteiger partial charge >= 0.3 is 0 Å². The third-order valence-corrected chi connectivity index (χ3v) is 3.79. The van der Waals surface area contributed by atoms with Crippen molar-refractivity contribution in [1.82, 2.24) is 19.3 Å². The van der Waals surface area contributed by atoms with Gasteiger partial charge in [-0.25, -0.2) is 18.1 Å². The molecule has 0 radical (unpaired) electrons. The maximum atomic E-state index is 11.4. The number of H-pyrrole nitrogens is 1. The Morgan fingerprint density at radius 1 is 1.53 bits per heavy atom. The molecule has 0 saturated heterocycles. The van der Waals surface area contributed by atoms with Crippen LogP contribution in [0.25, 0.3) is 11.2 Å². The quantitative estimate of drug-likeness (QED) is 0.837. The summed E-state index contributed by atoms with van der Waals surface area (Å²) in [6.07, 6.45) is 2.82. The molecule has 0 saturated carbocycles. The van der Waals surface area contributed by atoms with E-state index >= 15 is 0 Å². The third kappa shape index (κ3) is 3.40. The van der Waals surface area contributed by atoms with E-state index in [9.17, 15) is 8.42 Å². The van der Waals surface area contributed by atoms with Crippen molar-refractivity contribution in [2.75, 3.05) is 6.26 Å². The van der Waals surface area contributed by atoms with Crippen molar-refractivity contribution >= 4 is 33.4 Å². The van der Waals surface area contributed by atoms with Crippen LogP contribution in [0.2, 0.25) is 0 Å². The van der Waals surface area contributed by atoms with Gasteiger partial charge in [-0.2, -0.15) is 0 Å². The summed E-state index contributed by atoms with van der Waals surface area (Å²) in [6.45, 7) is 4.01. The number of rotatable bonds is 4. The van der Waals surface area contributed by atoms with Gasteiger partial charge in [-0.05, 0) is 38.2 Å². The van der Waals surface area contributed by atoms with E-state index in [2.05, 4.69) is 14.7 Å². The molecular weight excluding hydrogens is 284 g/mol. The zero-order valence-electron chi connectivity index (χ0n) is 11.0. The summed E-state index contributed by atoms with van der Waals surface area (Å²) in [5.74, 6) is 0. The zero-order valence-corrected chi connectivity index (χ0v) is 12.6. The molecule has 2 heterocycles. The third-order valence-electron chi connectivity index (χ3n) is 2.54. The fraction of sp³-hybridized carbons (Fsp3) is 0.455.